The van der Waals surface area contributed by atoms with Gasteiger partial charge in [-0.15, -0.1) is 0 Å². The molecule has 2 aromatic heterocycles. The number of halogens is 1. The Morgan fingerprint density at radius 2 is 2.26 bits per heavy atom. The third kappa shape index (κ3) is 2.41. The molecule has 0 aliphatic heterocycles. The van der Waals surface area contributed by atoms with E-state index in [1.807, 2.05) is 29.8 Å². The van der Waals surface area contributed by atoms with Gasteiger partial charge in [-0.1, -0.05) is 11.6 Å². The van der Waals surface area contributed by atoms with Gasteiger partial charge in [0.25, 0.3) is 0 Å². The van der Waals surface area contributed by atoms with Gasteiger partial charge in [0.2, 0.25) is 0 Å². The lowest BCUT2D eigenvalue weighted by Gasteiger charge is -2.02. The number of hydrogen-bond donors (Lipinski definition) is 1. The van der Waals surface area contributed by atoms with Gasteiger partial charge < -0.3 is 9.55 Å². The first-order valence-electron chi connectivity index (χ1n) is 5.86. The minimum Gasteiger partial charge on any atom is -0.331 e. The number of nitrogens with zero attached hydrogens (tertiary/aromatic N) is 4. The van der Waals surface area contributed by atoms with Gasteiger partial charge in [0.1, 0.15) is 6.33 Å². The van der Waals surface area contributed by atoms with Crippen molar-refractivity contribution >= 4 is 34.9 Å². The molecule has 2 heterocycles. The molecule has 1 N–H and O–H groups in total. The molecule has 0 radical (unpaired) electrons. The van der Waals surface area contributed by atoms with Crippen LogP contribution in [0.4, 0.5) is 0 Å². The maximum Gasteiger partial charge on any atom is 0.178 e. The molecular weight excluding hydrogens is 282 g/mol. The van der Waals surface area contributed by atoms with Crippen LogP contribution in [-0.2, 0) is 20.0 Å². The van der Waals surface area contributed by atoms with Crippen LogP contribution in [0.25, 0.3) is 11.0 Å². The molecule has 98 valence electrons. The Morgan fingerprint density at radius 1 is 1.42 bits per heavy atom. The second-order valence-electron chi connectivity index (χ2n) is 4.33. The van der Waals surface area contributed by atoms with E-state index in [9.17, 15) is 0 Å². The lowest BCUT2D eigenvalue weighted by atomic mass is 10.3. The number of aromatic nitrogens is 5. The Kier molecular flexibility index (Phi) is 3.12. The van der Waals surface area contributed by atoms with Crippen molar-refractivity contribution < 1.29 is 0 Å². The number of hydrogen-bond acceptors (Lipinski definition) is 3. The molecule has 0 bridgehead atoms. The van der Waals surface area contributed by atoms with E-state index >= 15 is 0 Å². The lowest BCUT2D eigenvalue weighted by Crippen LogP contribution is -2.03. The zero-order valence-electron chi connectivity index (χ0n) is 10.3. The van der Waals surface area contributed by atoms with E-state index in [4.69, 9.17) is 23.8 Å². The summed E-state index contributed by atoms with van der Waals surface area (Å²) in [5.41, 5.74) is 2.00. The van der Waals surface area contributed by atoms with Crippen LogP contribution >= 0.6 is 23.8 Å². The molecule has 0 unspecified atom stereocenters. The fourth-order valence-electron chi connectivity index (χ4n) is 2.07. The Labute approximate surface area is 119 Å². The van der Waals surface area contributed by atoms with Crippen LogP contribution in [0, 0.1) is 4.77 Å². The SMILES string of the molecule is Cn1cnc(CCn2c(=S)[nH]c3cc(Cl)ccc32)n1. The normalized spacial score (nSPS) is 11.3. The summed E-state index contributed by atoms with van der Waals surface area (Å²) >= 11 is 11.3. The van der Waals surface area contributed by atoms with Gasteiger partial charge in [0.05, 0.1) is 11.0 Å². The molecule has 19 heavy (non-hydrogen) atoms. The zero-order chi connectivity index (χ0) is 13.4. The first-order valence-corrected chi connectivity index (χ1v) is 6.65. The Balaban J connectivity index is 1.92. The molecule has 0 aliphatic carbocycles. The fraction of sp³-hybridized carbons (Fsp3) is 0.250. The second-order valence-corrected chi connectivity index (χ2v) is 5.15. The van der Waals surface area contributed by atoms with Crippen molar-refractivity contribution in [3.63, 3.8) is 0 Å². The molecule has 0 fully saturated rings. The third-order valence-electron chi connectivity index (χ3n) is 2.94. The van der Waals surface area contributed by atoms with Crippen LogP contribution in [0.15, 0.2) is 24.5 Å². The van der Waals surface area contributed by atoms with E-state index in [0.717, 1.165) is 29.8 Å². The number of aryl methyl sites for hydroxylation is 3. The number of aromatic amines is 1. The van der Waals surface area contributed by atoms with Crippen LogP contribution < -0.4 is 0 Å². The highest BCUT2D eigenvalue weighted by atomic mass is 35.5. The lowest BCUT2D eigenvalue weighted by molar-refractivity contribution is 0.666. The number of fused-ring (bicyclic) bond motifs is 1. The van der Waals surface area contributed by atoms with Crippen LogP contribution in [0.1, 0.15) is 5.82 Å². The minimum absolute atomic E-state index is 0.688. The van der Waals surface area contributed by atoms with E-state index in [0.29, 0.717) is 9.79 Å². The van der Waals surface area contributed by atoms with Crippen molar-refractivity contribution in [2.75, 3.05) is 0 Å². The van der Waals surface area contributed by atoms with Gasteiger partial charge in [-0.05, 0) is 30.4 Å². The van der Waals surface area contributed by atoms with Gasteiger partial charge in [-0.3, -0.25) is 4.68 Å². The molecule has 1 aromatic carbocycles. The van der Waals surface area contributed by atoms with Gasteiger partial charge in [-0.2, -0.15) is 5.10 Å². The third-order valence-corrected chi connectivity index (χ3v) is 3.50. The van der Waals surface area contributed by atoms with Crippen LogP contribution in [0.3, 0.4) is 0 Å². The topological polar surface area (TPSA) is 51.4 Å². The Hall–Kier alpha value is -1.66. The summed E-state index contributed by atoms with van der Waals surface area (Å²) in [6, 6.07) is 5.71. The van der Waals surface area contributed by atoms with Crippen molar-refractivity contribution in [3.8, 4) is 0 Å². The molecule has 0 saturated carbocycles. The summed E-state index contributed by atoms with van der Waals surface area (Å²) in [6.07, 6.45) is 2.44. The summed E-state index contributed by atoms with van der Waals surface area (Å²) in [4.78, 5) is 7.37. The molecular formula is C12H12ClN5S. The van der Waals surface area contributed by atoms with E-state index < -0.39 is 0 Å². The number of imidazole rings is 1. The van der Waals surface area contributed by atoms with E-state index in [-0.39, 0.29) is 0 Å². The number of H-pyrrole nitrogens is 1. The zero-order valence-corrected chi connectivity index (χ0v) is 11.9. The molecule has 3 rings (SSSR count). The minimum atomic E-state index is 0.688. The number of nitrogens with one attached hydrogen (secondary N) is 1. The van der Waals surface area contributed by atoms with E-state index in [1.165, 1.54) is 0 Å². The van der Waals surface area contributed by atoms with Crippen molar-refractivity contribution in [1.29, 1.82) is 0 Å². The molecule has 7 heteroatoms. The Bertz CT molecular complexity index is 785. The smallest absolute Gasteiger partial charge is 0.178 e. The van der Waals surface area contributed by atoms with Crippen molar-refractivity contribution in [3.05, 3.63) is 40.1 Å². The average molecular weight is 294 g/mol. The number of rotatable bonds is 3. The molecule has 3 aromatic rings. The van der Waals surface area contributed by atoms with Crippen molar-refractivity contribution in [2.24, 2.45) is 7.05 Å². The molecule has 0 saturated heterocycles. The summed E-state index contributed by atoms with van der Waals surface area (Å²) < 4.78 is 4.43. The molecule has 0 spiro atoms. The molecule has 0 amide bonds. The van der Waals surface area contributed by atoms with E-state index in [1.54, 1.807) is 11.0 Å². The highest BCUT2D eigenvalue weighted by Gasteiger charge is 2.06. The Morgan fingerprint density at radius 3 is 3.00 bits per heavy atom. The van der Waals surface area contributed by atoms with Gasteiger partial charge >= 0.3 is 0 Å². The summed E-state index contributed by atoms with van der Waals surface area (Å²) in [6.45, 7) is 0.741. The van der Waals surface area contributed by atoms with Crippen molar-refractivity contribution in [2.45, 2.75) is 13.0 Å². The summed E-state index contributed by atoms with van der Waals surface area (Å²) in [7, 11) is 1.86. The van der Waals surface area contributed by atoms with Gasteiger partial charge in [-0.25, -0.2) is 4.98 Å². The van der Waals surface area contributed by atoms with Gasteiger partial charge in [0.15, 0.2) is 10.6 Å². The summed E-state index contributed by atoms with van der Waals surface area (Å²) in [5, 5.41) is 4.96. The van der Waals surface area contributed by atoms with Gasteiger partial charge in [0, 0.05) is 25.0 Å². The predicted octanol–water partition coefficient (Wildman–Crippen LogP) is 2.72. The first kappa shape index (κ1) is 12.4. The maximum absolute atomic E-state index is 5.97. The van der Waals surface area contributed by atoms with Crippen molar-refractivity contribution in [1.82, 2.24) is 24.3 Å². The largest absolute Gasteiger partial charge is 0.331 e. The monoisotopic (exact) mass is 293 g/mol. The molecule has 0 atom stereocenters. The molecule has 0 aliphatic rings. The summed E-state index contributed by atoms with van der Waals surface area (Å²) in [5.74, 6) is 0.813. The number of benzene rings is 1. The molecule has 5 nitrogen and oxygen atoms in total. The van der Waals surface area contributed by atoms with E-state index in [2.05, 4.69) is 15.1 Å². The highest BCUT2D eigenvalue weighted by molar-refractivity contribution is 7.71. The maximum atomic E-state index is 5.97. The highest BCUT2D eigenvalue weighted by Crippen LogP contribution is 2.19. The first-order chi connectivity index (χ1) is 9.13. The predicted molar refractivity (Wildman–Crippen MR) is 76.8 cm³/mol. The standard InChI is InChI=1S/C12H12ClN5S/c1-17-7-14-11(16-17)4-5-18-10-3-2-8(13)6-9(10)15-12(18)19/h2-3,6-7H,4-5H2,1H3,(H,15,19). The second kappa shape index (κ2) is 4.79. The fourth-order valence-corrected chi connectivity index (χ4v) is 2.54. The van der Waals surface area contributed by atoms with Crippen LogP contribution in [-0.4, -0.2) is 24.3 Å². The quantitative estimate of drug-likeness (QED) is 0.756. The van der Waals surface area contributed by atoms with Crippen LogP contribution in [0.2, 0.25) is 5.02 Å². The van der Waals surface area contributed by atoms with Crippen LogP contribution in [0.5, 0.6) is 0 Å². The average Bonchev–Trinajstić information content (AvgIpc) is 2.89.